The number of unbranched alkanes of at least 4 members (excludes halogenated alkanes) is 18. The Bertz CT molecular complexity index is 4600. The van der Waals surface area contributed by atoms with Crippen LogP contribution in [0.1, 0.15) is 218 Å². The zero-order valence-electron chi connectivity index (χ0n) is 64.6. The first-order valence-corrected chi connectivity index (χ1v) is 45.0. The summed E-state index contributed by atoms with van der Waals surface area (Å²) in [6, 6.07) is 43.3. The van der Waals surface area contributed by atoms with Gasteiger partial charge in [-0.2, -0.15) is 0 Å². The summed E-state index contributed by atoms with van der Waals surface area (Å²) in [6.45, 7) is 17.5. The van der Waals surface area contributed by atoms with Gasteiger partial charge in [0.05, 0.1) is 101 Å². The molecule has 13 rings (SSSR count). The molecule has 0 amide bonds. The molecule has 10 nitrogen and oxygen atoms in total. The van der Waals surface area contributed by atoms with Crippen molar-refractivity contribution in [1.29, 1.82) is 0 Å². The summed E-state index contributed by atoms with van der Waals surface area (Å²) in [4.78, 5) is 33.8. The third-order valence-corrected chi connectivity index (χ3v) is 26.7. The molecule has 0 aliphatic carbocycles. The number of aromatic nitrogens is 4. The van der Waals surface area contributed by atoms with Gasteiger partial charge in [-0.05, 0) is 109 Å². The molecule has 0 saturated heterocycles. The van der Waals surface area contributed by atoms with Crippen LogP contribution in [0.4, 0.5) is 0 Å². The number of hydrogen-bond acceptors (Lipinski definition) is 14. The van der Waals surface area contributed by atoms with E-state index in [2.05, 4.69) is 198 Å². The standard InChI is InChI=1S/C92H104N4O6S6.Zn/c1-7-13-19-31-49-97-65-55-81(103-61-65)89-77(101-53-35-23-17-11-5)59-83(107-89)91-75(99-51-33-21-15-9-3)57-79(105-91)87-71-45-41-67(93-71)85(63-37-27-25-28-38-63)69-43-47-73(95-69)88(74-48-44-70(96-74)86(64-39-29-26-30-40-64)68-42-46-72(87)94-68)80-58-76(100-52-34-22-16-10-4)92(106-80)84-60-78(102-54-36-24-18-12-6)90(108-84)82-56-66(62-104-82)98-50-32-20-14-8-2;/h25-30,37-48,55-62H,7-24,31-36,49-54H2,1-6H3;/q-2;+2. The predicted octanol–water partition coefficient (Wildman–Crippen LogP) is 29.4. The first-order chi connectivity index (χ1) is 53.3. The molecule has 2 aliphatic rings. The van der Waals surface area contributed by atoms with Crippen molar-refractivity contribution in [3.8, 4) is 117 Å². The van der Waals surface area contributed by atoms with Crippen LogP contribution in [0.3, 0.4) is 0 Å². The van der Waals surface area contributed by atoms with Crippen molar-refractivity contribution in [2.75, 3.05) is 39.6 Å². The predicted molar refractivity (Wildman–Crippen MR) is 465 cm³/mol. The van der Waals surface area contributed by atoms with Gasteiger partial charge in [0.15, 0.2) is 0 Å². The van der Waals surface area contributed by atoms with E-state index >= 15 is 0 Å². The van der Waals surface area contributed by atoms with Gasteiger partial charge in [-0.3, -0.25) is 0 Å². The maximum atomic E-state index is 7.04. The van der Waals surface area contributed by atoms with E-state index in [1.165, 1.54) is 64.2 Å². The van der Waals surface area contributed by atoms with Crippen LogP contribution in [0.2, 0.25) is 0 Å². The number of benzene rings is 2. The van der Waals surface area contributed by atoms with Gasteiger partial charge in [0.25, 0.3) is 0 Å². The molecule has 0 saturated carbocycles. The monoisotopic (exact) mass is 1620 g/mol. The minimum Gasteiger partial charge on any atom is -0.657 e. The average molecular weight is 1620 g/mol. The second kappa shape index (κ2) is 41.8. The fourth-order valence-corrected chi connectivity index (χ4v) is 20.4. The molecule has 0 spiro atoms. The van der Waals surface area contributed by atoms with E-state index in [4.69, 9.17) is 48.4 Å². The van der Waals surface area contributed by atoms with E-state index in [-0.39, 0.29) is 19.5 Å². The number of thiophene rings is 6. The van der Waals surface area contributed by atoms with Crippen LogP contribution in [0, 0.1) is 0 Å². The number of fused-ring (bicyclic) bond motifs is 8. The normalized spacial score (nSPS) is 11.8. The maximum Gasteiger partial charge on any atom is 2.00 e. The molecule has 2 aromatic carbocycles. The van der Waals surface area contributed by atoms with Crippen LogP contribution in [-0.4, -0.2) is 49.6 Å². The van der Waals surface area contributed by atoms with E-state index in [0.29, 0.717) is 39.6 Å². The fraction of sp³-hybridized carbons (Fsp3) is 0.391. The minimum atomic E-state index is 0. The smallest absolute Gasteiger partial charge is 0.657 e. The second-order valence-corrected chi connectivity index (χ2v) is 34.1. The molecule has 0 atom stereocenters. The SMILES string of the molecule is CCCCCCOc1csc(-c2sc(-c3sc(-c4c5nc(c(-c6ccccc6)c6ccc([n-]6)c(-c6cc(OCCCCCC)c(-c7cc(OCCCCCC)c(-c8cc(OCCCCCC)cs8)s7)s6)c6nc(c(-c7ccccc7)c7ccc4[n-]7)C=C6)C=C5)cc3OCCCCCC)cc2OCCCCCC)c1.[Zn+2]. The van der Waals surface area contributed by atoms with E-state index in [1.54, 1.807) is 68.0 Å². The summed E-state index contributed by atoms with van der Waals surface area (Å²) in [6.07, 6.45) is 35.7. The largest absolute Gasteiger partial charge is 2.00 e. The Morgan fingerprint density at radius 2 is 0.560 bits per heavy atom. The average Bonchev–Trinajstić information content (AvgIpc) is 1.59. The van der Waals surface area contributed by atoms with Crippen LogP contribution < -0.4 is 38.4 Å². The third kappa shape index (κ3) is 20.9. The molecule has 0 unspecified atom stereocenters. The Balaban J connectivity index is 0.0000111. The molecular weight excluding hydrogens is 1510 g/mol. The minimum absolute atomic E-state index is 0. The van der Waals surface area contributed by atoms with Crippen molar-refractivity contribution in [3.05, 3.63) is 155 Å². The molecule has 566 valence electrons. The zero-order valence-corrected chi connectivity index (χ0v) is 72.5. The van der Waals surface area contributed by atoms with Crippen molar-refractivity contribution in [1.82, 2.24) is 19.9 Å². The van der Waals surface area contributed by atoms with Crippen molar-refractivity contribution in [2.45, 2.75) is 196 Å². The summed E-state index contributed by atoms with van der Waals surface area (Å²) in [5.74, 6) is 5.32. The van der Waals surface area contributed by atoms with E-state index in [1.807, 2.05) is 0 Å². The molecule has 11 heterocycles. The van der Waals surface area contributed by atoms with E-state index < -0.39 is 0 Å². The van der Waals surface area contributed by atoms with Gasteiger partial charge in [0.1, 0.15) is 34.5 Å². The van der Waals surface area contributed by atoms with Crippen molar-refractivity contribution < 1.29 is 47.9 Å². The molecular formula is C92H104N4O6S6Zn. The van der Waals surface area contributed by atoms with Gasteiger partial charge in [-0.15, -0.1) is 90.1 Å². The number of rotatable bonds is 44. The Morgan fingerprint density at radius 1 is 0.284 bits per heavy atom. The Hall–Kier alpha value is -7.34. The van der Waals surface area contributed by atoms with Gasteiger partial charge >= 0.3 is 19.5 Å². The fourth-order valence-electron chi connectivity index (χ4n) is 13.8. The topological polar surface area (TPSA) is 109 Å². The summed E-state index contributed by atoms with van der Waals surface area (Å²) in [7, 11) is 0. The van der Waals surface area contributed by atoms with Gasteiger partial charge in [-0.25, -0.2) is 9.97 Å². The van der Waals surface area contributed by atoms with Gasteiger partial charge < -0.3 is 38.4 Å². The van der Waals surface area contributed by atoms with Crippen LogP contribution in [0.15, 0.2) is 132 Å². The van der Waals surface area contributed by atoms with Crippen LogP contribution in [-0.2, 0) is 19.5 Å². The molecule has 9 aromatic heterocycles. The van der Waals surface area contributed by atoms with Crippen LogP contribution in [0.25, 0.3) is 129 Å². The summed E-state index contributed by atoms with van der Waals surface area (Å²) in [5, 5.41) is 4.30. The molecule has 0 fully saturated rings. The quantitative estimate of drug-likeness (QED) is 0.0270. The Kier molecular flexibility index (Phi) is 31.1. The molecule has 17 heteroatoms. The molecule has 0 N–H and O–H groups in total. The Morgan fingerprint density at radius 3 is 0.881 bits per heavy atom. The summed E-state index contributed by atoms with van der Waals surface area (Å²) in [5.41, 5.74) is 12.1. The van der Waals surface area contributed by atoms with Gasteiger partial charge in [0.2, 0.25) is 0 Å². The van der Waals surface area contributed by atoms with Crippen LogP contribution in [0.5, 0.6) is 34.5 Å². The van der Waals surface area contributed by atoms with Gasteiger partial charge in [0, 0.05) is 43.8 Å². The molecule has 0 radical (unpaired) electrons. The first kappa shape index (κ1) is 81.2. The summed E-state index contributed by atoms with van der Waals surface area (Å²) < 4.78 is 40.5. The second-order valence-electron chi connectivity index (χ2n) is 28.1. The Labute approximate surface area is 683 Å². The van der Waals surface area contributed by atoms with Crippen LogP contribution >= 0.6 is 68.0 Å². The van der Waals surface area contributed by atoms with E-state index in [9.17, 15) is 0 Å². The molecule has 8 bridgehead atoms. The first-order valence-electron chi connectivity index (χ1n) is 40.0. The summed E-state index contributed by atoms with van der Waals surface area (Å²) >= 11 is 10.5. The van der Waals surface area contributed by atoms with Crippen molar-refractivity contribution in [2.24, 2.45) is 0 Å². The molecule has 11 aromatic rings. The molecule has 109 heavy (non-hydrogen) atoms. The number of nitrogens with zero attached hydrogens (tertiary/aromatic N) is 4. The number of ether oxygens (including phenoxy) is 6. The van der Waals surface area contributed by atoms with Crippen molar-refractivity contribution >= 4 is 114 Å². The molecule has 2 aliphatic heterocycles. The van der Waals surface area contributed by atoms with E-state index in [0.717, 1.165) is 251 Å². The number of hydrogen-bond donors (Lipinski definition) is 0. The van der Waals surface area contributed by atoms with Crippen molar-refractivity contribution in [3.63, 3.8) is 0 Å². The third-order valence-electron chi connectivity index (χ3n) is 19.6. The maximum absolute atomic E-state index is 7.04. The van der Waals surface area contributed by atoms with Gasteiger partial charge in [-0.1, -0.05) is 242 Å². The zero-order chi connectivity index (χ0) is 74.2.